The summed E-state index contributed by atoms with van der Waals surface area (Å²) < 4.78 is 10.6. The van der Waals surface area contributed by atoms with Gasteiger partial charge in [-0.05, 0) is 49.7 Å². The monoisotopic (exact) mass is 414 g/mol. The molecule has 7 heteroatoms. The molecule has 154 valence electrons. The molecule has 0 spiro atoms. The van der Waals surface area contributed by atoms with Gasteiger partial charge in [-0.15, -0.1) is 11.8 Å². The average molecular weight is 415 g/mol. The fraction of sp³-hybridized carbons (Fsp3) is 0.364. The van der Waals surface area contributed by atoms with Crippen molar-refractivity contribution in [1.82, 2.24) is 0 Å². The first-order valence-corrected chi connectivity index (χ1v) is 10.6. The number of hydrogen-bond acceptors (Lipinski definition) is 6. The summed E-state index contributed by atoms with van der Waals surface area (Å²) in [7, 11) is 0. The molecule has 2 aromatic rings. The second-order valence-electron chi connectivity index (χ2n) is 6.82. The van der Waals surface area contributed by atoms with Crippen LogP contribution in [0.1, 0.15) is 12.5 Å². The van der Waals surface area contributed by atoms with Crippen LogP contribution in [0.15, 0.2) is 53.4 Å². The van der Waals surface area contributed by atoms with Crippen molar-refractivity contribution in [3.63, 3.8) is 0 Å². The highest BCUT2D eigenvalue weighted by Crippen LogP contribution is 2.22. The predicted octanol–water partition coefficient (Wildman–Crippen LogP) is 3.49. The number of nitrogens with one attached hydrogen (secondary N) is 1. The molecule has 1 atom stereocenters. The van der Waals surface area contributed by atoms with Crippen LogP contribution in [0, 0.1) is 6.92 Å². The smallest absolute Gasteiger partial charge is 0.317 e. The van der Waals surface area contributed by atoms with E-state index in [9.17, 15) is 9.59 Å². The standard InChI is InChI=1S/C22H26N2O4S/c1-16-5-3-4-6-20(16)29-15-21(25)28-17(2)22(26)23-18-7-9-19(10-8-18)24-11-13-27-14-12-24/h3-10,17H,11-15H2,1-2H3,(H,23,26). The number of carbonyl (C=O) groups excluding carboxylic acids is 2. The zero-order valence-corrected chi connectivity index (χ0v) is 17.5. The molecule has 3 rings (SSSR count). The van der Waals surface area contributed by atoms with E-state index in [1.807, 2.05) is 55.5 Å². The lowest BCUT2D eigenvalue weighted by molar-refractivity contribution is -0.150. The summed E-state index contributed by atoms with van der Waals surface area (Å²) >= 11 is 1.41. The topological polar surface area (TPSA) is 67.9 Å². The third-order valence-electron chi connectivity index (χ3n) is 4.63. The molecule has 6 nitrogen and oxygen atoms in total. The van der Waals surface area contributed by atoms with E-state index >= 15 is 0 Å². The first-order valence-electron chi connectivity index (χ1n) is 9.64. The fourth-order valence-corrected chi connectivity index (χ4v) is 3.77. The van der Waals surface area contributed by atoms with Gasteiger partial charge < -0.3 is 19.7 Å². The highest BCUT2D eigenvalue weighted by Gasteiger charge is 2.18. The van der Waals surface area contributed by atoms with Gasteiger partial charge in [0.2, 0.25) is 0 Å². The third-order valence-corrected chi connectivity index (χ3v) is 5.78. The minimum atomic E-state index is -0.862. The molecular formula is C22H26N2O4S. The number of hydrogen-bond donors (Lipinski definition) is 1. The van der Waals surface area contributed by atoms with Gasteiger partial charge in [0, 0.05) is 29.4 Å². The Morgan fingerprint density at radius 3 is 2.52 bits per heavy atom. The molecule has 0 bridgehead atoms. The molecule has 1 heterocycles. The molecule has 0 aromatic heterocycles. The van der Waals surface area contributed by atoms with Gasteiger partial charge in [-0.2, -0.15) is 0 Å². The first-order chi connectivity index (χ1) is 14.0. The normalized spacial score (nSPS) is 14.9. The van der Waals surface area contributed by atoms with E-state index in [1.54, 1.807) is 6.92 Å². The summed E-state index contributed by atoms with van der Waals surface area (Å²) in [5.41, 5.74) is 2.87. The quantitative estimate of drug-likeness (QED) is 0.553. The van der Waals surface area contributed by atoms with Crippen molar-refractivity contribution in [3.8, 4) is 0 Å². The Labute approximate surface area is 175 Å². The Morgan fingerprint density at radius 2 is 1.83 bits per heavy atom. The first kappa shape index (κ1) is 21.2. The Bertz CT molecular complexity index is 835. The number of carbonyl (C=O) groups is 2. The summed E-state index contributed by atoms with van der Waals surface area (Å²) in [4.78, 5) is 27.7. The lowest BCUT2D eigenvalue weighted by Gasteiger charge is -2.28. The van der Waals surface area contributed by atoms with Gasteiger partial charge in [0.05, 0.1) is 19.0 Å². The van der Waals surface area contributed by atoms with Crippen LogP contribution in [0.25, 0.3) is 0 Å². The number of thioether (sulfide) groups is 1. The second kappa shape index (κ2) is 10.3. The molecule has 2 aromatic carbocycles. The van der Waals surface area contributed by atoms with E-state index in [4.69, 9.17) is 9.47 Å². The van der Waals surface area contributed by atoms with Gasteiger partial charge in [-0.1, -0.05) is 18.2 Å². The molecule has 1 fully saturated rings. The highest BCUT2D eigenvalue weighted by atomic mass is 32.2. The van der Waals surface area contributed by atoms with Crippen molar-refractivity contribution in [2.45, 2.75) is 24.8 Å². The maximum absolute atomic E-state index is 12.3. The Hall–Kier alpha value is -2.51. The largest absolute Gasteiger partial charge is 0.452 e. The number of ether oxygens (including phenoxy) is 2. The number of esters is 1. The van der Waals surface area contributed by atoms with Crippen LogP contribution in [-0.4, -0.2) is 50.0 Å². The summed E-state index contributed by atoms with van der Waals surface area (Å²) in [5.74, 6) is -0.599. The van der Waals surface area contributed by atoms with Crippen molar-refractivity contribution in [2.75, 3.05) is 42.3 Å². The van der Waals surface area contributed by atoms with Gasteiger partial charge >= 0.3 is 5.97 Å². The van der Waals surface area contributed by atoms with Crippen LogP contribution >= 0.6 is 11.8 Å². The van der Waals surface area contributed by atoms with E-state index in [2.05, 4.69) is 10.2 Å². The number of rotatable bonds is 7. The summed E-state index contributed by atoms with van der Waals surface area (Å²) in [5, 5.41) is 2.79. The second-order valence-corrected chi connectivity index (χ2v) is 7.84. The summed E-state index contributed by atoms with van der Waals surface area (Å²) in [6.45, 7) is 6.74. The van der Waals surface area contributed by atoms with Crippen molar-refractivity contribution < 1.29 is 19.1 Å². The summed E-state index contributed by atoms with van der Waals surface area (Å²) in [6.07, 6.45) is -0.862. The zero-order valence-electron chi connectivity index (χ0n) is 16.7. The molecule has 1 aliphatic heterocycles. The Kier molecular flexibility index (Phi) is 7.55. The number of amides is 1. The number of nitrogens with zero attached hydrogens (tertiary/aromatic N) is 1. The lowest BCUT2D eigenvalue weighted by Crippen LogP contribution is -2.36. The van der Waals surface area contributed by atoms with Crippen molar-refractivity contribution in [3.05, 3.63) is 54.1 Å². The molecule has 1 amide bonds. The molecule has 29 heavy (non-hydrogen) atoms. The van der Waals surface area contributed by atoms with Crippen LogP contribution in [-0.2, 0) is 19.1 Å². The Balaban J connectivity index is 1.45. The molecule has 0 saturated carbocycles. The van der Waals surface area contributed by atoms with E-state index in [0.29, 0.717) is 5.69 Å². The number of benzene rings is 2. The fourth-order valence-electron chi connectivity index (χ4n) is 2.96. The van der Waals surface area contributed by atoms with E-state index in [0.717, 1.165) is 42.4 Å². The van der Waals surface area contributed by atoms with Gasteiger partial charge in [-0.25, -0.2) is 0 Å². The minimum Gasteiger partial charge on any atom is -0.452 e. The van der Waals surface area contributed by atoms with E-state index in [1.165, 1.54) is 11.8 Å². The van der Waals surface area contributed by atoms with Crippen LogP contribution in [0.3, 0.4) is 0 Å². The zero-order chi connectivity index (χ0) is 20.6. The van der Waals surface area contributed by atoms with Crippen molar-refractivity contribution in [2.24, 2.45) is 0 Å². The molecule has 1 saturated heterocycles. The third kappa shape index (κ3) is 6.24. The van der Waals surface area contributed by atoms with Crippen LogP contribution in [0.2, 0.25) is 0 Å². The number of aryl methyl sites for hydroxylation is 1. The van der Waals surface area contributed by atoms with Crippen molar-refractivity contribution in [1.29, 1.82) is 0 Å². The maximum atomic E-state index is 12.3. The SMILES string of the molecule is Cc1ccccc1SCC(=O)OC(C)C(=O)Nc1ccc(N2CCOCC2)cc1. The lowest BCUT2D eigenvalue weighted by atomic mass is 10.2. The van der Waals surface area contributed by atoms with Gasteiger partial charge in [0.1, 0.15) is 0 Å². The molecule has 1 N–H and O–H groups in total. The van der Waals surface area contributed by atoms with Crippen molar-refractivity contribution >= 4 is 35.0 Å². The minimum absolute atomic E-state index is 0.163. The maximum Gasteiger partial charge on any atom is 0.317 e. The molecule has 1 unspecified atom stereocenters. The summed E-state index contributed by atoms with van der Waals surface area (Å²) in [6, 6.07) is 15.5. The van der Waals surface area contributed by atoms with Gasteiger partial charge in [0.15, 0.2) is 6.10 Å². The van der Waals surface area contributed by atoms with E-state index in [-0.39, 0.29) is 11.7 Å². The van der Waals surface area contributed by atoms with Gasteiger partial charge in [0.25, 0.3) is 5.91 Å². The number of anilines is 2. The predicted molar refractivity (Wildman–Crippen MR) is 116 cm³/mol. The molecule has 0 radical (unpaired) electrons. The van der Waals surface area contributed by atoms with Crippen LogP contribution < -0.4 is 10.2 Å². The van der Waals surface area contributed by atoms with E-state index < -0.39 is 12.1 Å². The van der Waals surface area contributed by atoms with Crippen LogP contribution in [0.4, 0.5) is 11.4 Å². The van der Waals surface area contributed by atoms with Gasteiger partial charge in [-0.3, -0.25) is 9.59 Å². The van der Waals surface area contributed by atoms with Crippen LogP contribution in [0.5, 0.6) is 0 Å². The molecular weight excluding hydrogens is 388 g/mol. The highest BCUT2D eigenvalue weighted by molar-refractivity contribution is 8.00. The average Bonchev–Trinajstić information content (AvgIpc) is 2.74. The Morgan fingerprint density at radius 1 is 1.14 bits per heavy atom. The number of morpholine rings is 1. The molecule has 0 aliphatic carbocycles. The molecule has 1 aliphatic rings.